The number of hydrogen-bond donors (Lipinski definition) is 0. The maximum absolute atomic E-state index is 6.16. The van der Waals surface area contributed by atoms with E-state index < -0.39 is 0 Å². The number of anilines is 3. The Hall–Kier alpha value is -7.30. The lowest BCUT2D eigenvalue weighted by Gasteiger charge is -2.35. The van der Waals surface area contributed by atoms with Crippen molar-refractivity contribution in [1.29, 1.82) is 0 Å². The van der Waals surface area contributed by atoms with Gasteiger partial charge in [-0.3, -0.25) is 0 Å². The predicted molar refractivity (Wildman–Crippen MR) is 224 cm³/mol. The van der Waals surface area contributed by atoms with Crippen LogP contribution in [-0.2, 0) is 0 Å². The molecule has 0 fully saturated rings. The summed E-state index contributed by atoms with van der Waals surface area (Å²) < 4.78 is 6.16. The largest absolute Gasteiger partial charge is 0.456 e. The number of furan rings is 1. The maximum atomic E-state index is 6.16. The van der Waals surface area contributed by atoms with E-state index in [1.54, 1.807) is 0 Å². The van der Waals surface area contributed by atoms with Crippen LogP contribution >= 0.6 is 0 Å². The van der Waals surface area contributed by atoms with Gasteiger partial charge >= 0.3 is 0 Å². The number of benzene rings is 9. The van der Waals surface area contributed by atoms with Crippen LogP contribution in [0.3, 0.4) is 0 Å². The zero-order chi connectivity index (χ0) is 35.3. The molecule has 250 valence electrons. The van der Waals surface area contributed by atoms with Gasteiger partial charge in [0.25, 0.3) is 0 Å². The van der Waals surface area contributed by atoms with Crippen molar-refractivity contribution in [1.82, 2.24) is 9.97 Å². The Morgan fingerprint density at radius 1 is 0.407 bits per heavy atom. The summed E-state index contributed by atoms with van der Waals surface area (Å²) >= 11 is 0. The SMILES string of the molecule is c1cc(N2c3c(ccc4ccccc34)-c3cccc4cccc2c34)c2ccc(-c3nc(-c4ccc5oc6ccccc6c5c4)c4ccccc4n3)cc2c1. The first kappa shape index (κ1) is 29.3. The third-order valence-corrected chi connectivity index (χ3v) is 11.1. The number of rotatable bonds is 3. The molecule has 12 rings (SSSR count). The number of fused-ring (bicyclic) bond motifs is 9. The second-order valence-electron chi connectivity index (χ2n) is 14.1. The summed E-state index contributed by atoms with van der Waals surface area (Å²) in [5.41, 5.74) is 11.6. The molecule has 0 N–H and O–H groups in total. The third kappa shape index (κ3) is 4.19. The molecule has 0 saturated heterocycles. The van der Waals surface area contributed by atoms with Crippen LogP contribution in [0.5, 0.6) is 0 Å². The minimum atomic E-state index is 0.696. The van der Waals surface area contributed by atoms with Gasteiger partial charge in [0.05, 0.1) is 28.3 Å². The van der Waals surface area contributed by atoms with Gasteiger partial charge in [0.2, 0.25) is 0 Å². The first-order valence-corrected chi connectivity index (χ1v) is 18.3. The fourth-order valence-electron chi connectivity index (χ4n) is 8.72. The fourth-order valence-corrected chi connectivity index (χ4v) is 8.72. The fraction of sp³-hybridized carbons (Fsp3) is 0. The highest BCUT2D eigenvalue weighted by Crippen LogP contribution is 2.54. The first-order chi connectivity index (χ1) is 26.8. The van der Waals surface area contributed by atoms with Crippen LogP contribution in [0.4, 0.5) is 17.1 Å². The van der Waals surface area contributed by atoms with Crippen LogP contribution in [0, 0.1) is 0 Å². The molecule has 0 bridgehead atoms. The Bertz CT molecular complexity index is 3350. The third-order valence-electron chi connectivity index (χ3n) is 11.1. The molecule has 9 aromatic carbocycles. The Labute approximate surface area is 310 Å². The molecule has 0 aliphatic carbocycles. The molecule has 0 atom stereocenters. The molecule has 11 aromatic rings. The summed E-state index contributed by atoms with van der Waals surface area (Å²) in [5.74, 6) is 0.696. The maximum Gasteiger partial charge on any atom is 0.160 e. The van der Waals surface area contributed by atoms with Crippen molar-refractivity contribution in [2.24, 2.45) is 0 Å². The normalized spacial score (nSPS) is 12.4. The van der Waals surface area contributed by atoms with Gasteiger partial charge in [-0.15, -0.1) is 0 Å². The molecule has 54 heavy (non-hydrogen) atoms. The molecule has 0 amide bonds. The minimum Gasteiger partial charge on any atom is -0.456 e. The molecule has 1 aliphatic rings. The van der Waals surface area contributed by atoms with E-state index in [9.17, 15) is 0 Å². The van der Waals surface area contributed by atoms with E-state index in [1.807, 2.05) is 18.2 Å². The van der Waals surface area contributed by atoms with Crippen LogP contribution in [0.25, 0.3) is 98.9 Å². The van der Waals surface area contributed by atoms with Gasteiger partial charge in [-0.05, 0) is 70.3 Å². The Kier molecular flexibility index (Phi) is 6.02. The smallest absolute Gasteiger partial charge is 0.160 e. The zero-order valence-corrected chi connectivity index (χ0v) is 29.0. The van der Waals surface area contributed by atoms with Crippen LogP contribution in [0.1, 0.15) is 0 Å². The monoisotopic (exact) mass is 687 g/mol. The van der Waals surface area contributed by atoms with E-state index >= 15 is 0 Å². The lowest BCUT2D eigenvalue weighted by atomic mass is 9.88. The summed E-state index contributed by atoms with van der Waals surface area (Å²) in [4.78, 5) is 12.9. The van der Waals surface area contributed by atoms with E-state index in [0.29, 0.717) is 5.82 Å². The van der Waals surface area contributed by atoms with E-state index in [-0.39, 0.29) is 0 Å². The van der Waals surface area contributed by atoms with E-state index in [1.165, 1.54) is 44.0 Å². The average Bonchev–Trinajstić information content (AvgIpc) is 3.61. The quantitative estimate of drug-likeness (QED) is 0.185. The predicted octanol–water partition coefficient (Wildman–Crippen LogP) is 13.8. The van der Waals surface area contributed by atoms with Gasteiger partial charge in [-0.2, -0.15) is 0 Å². The standard InChI is InChI=1S/C50H29N3O/c1-2-14-36-30(10-1)22-26-39-38-17-7-11-31-12-8-20-44(47(31)38)53(49(36)39)43-19-9-13-32-28-34(23-25-35(32)43)50-51-42-18-5-3-16-40(42)48(52-50)33-24-27-46-41(29-33)37-15-4-6-21-45(37)54-46/h1-29H. The summed E-state index contributed by atoms with van der Waals surface area (Å²) in [6.07, 6.45) is 0. The first-order valence-electron chi connectivity index (χ1n) is 18.3. The van der Waals surface area contributed by atoms with E-state index in [0.717, 1.165) is 66.1 Å². The van der Waals surface area contributed by atoms with Crippen molar-refractivity contribution in [3.05, 3.63) is 176 Å². The van der Waals surface area contributed by atoms with Crippen LogP contribution in [0.15, 0.2) is 180 Å². The van der Waals surface area contributed by atoms with Gasteiger partial charge < -0.3 is 9.32 Å². The molecule has 0 saturated carbocycles. The molecular formula is C50H29N3O. The minimum absolute atomic E-state index is 0.696. The second kappa shape index (κ2) is 11.1. The average molecular weight is 688 g/mol. The van der Waals surface area contributed by atoms with Crippen LogP contribution in [-0.4, -0.2) is 9.97 Å². The van der Waals surface area contributed by atoms with Crippen molar-refractivity contribution in [2.75, 3.05) is 4.90 Å². The highest BCUT2D eigenvalue weighted by atomic mass is 16.3. The highest BCUT2D eigenvalue weighted by Gasteiger charge is 2.28. The molecule has 3 heterocycles. The zero-order valence-electron chi connectivity index (χ0n) is 29.0. The molecular weight excluding hydrogens is 659 g/mol. The van der Waals surface area contributed by atoms with E-state index in [2.05, 4.69) is 163 Å². The number of hydrogen-bond acceptors (Lipinski definition) is 4. The van der Waals surface area contributed by atoms with Crippen molar-refractivity contribution in [3.8, 4) is 33.8 Å². The molecule has 4 nitrogen and oxygen atoms in total. The van der Waals surface area contributed by atoms with Gasteiger partial charge in [0, 0.05) is 49.0 Å². The van der Waals surface area contributed by atoms with E-state index in [4.69, 9.17) is 14.4 Å². The number of nitrogens with zero attached hydrogens (tertiary/aromatic N) is 3. The molecule has 4 heteroatoms. The molecule has 1 aliphatic heterocycles. The number of aromatic nitrogens is 2. The molecule has 0 radical (unpaired) electrons. The topological polar surface area (TPSA) is 42.2 Å². The van der Waals surface area contributed by atoms with Crippen molar-refractivity contribution in [3.63, 3.8) is 0 Å². The summed E-state index contributed by atoms with van der Waals surface area (Å²) in [5, 5.41) is 10.4. The lowest BCUT2D eigenvalue weighted by molar-refractivity contribution is 0.669. The molecule has 2 aromatic heterocycles. The summed E-state index contributed by atoms with van der Waals surface area (Å²) in [6.45, 7) is 0. The number of para-hydroxylation sites is 2. The summed E-state index contributed by atoms with van der Waals surface area (Å²) in [6, 6.07) is 62.7. The van der Waals surface area contributed by atoms with Crippen molar-refractivity contribution in [2.45, 2.75) is 0 Å². The van der Waals surface area contributed by atoms with Gasteiger partial charge in [-0.25, -0.2) is 9.97 Å². The van der Waals surface area contributed by atoms with Gasteiger partial charge in [-0.1, -0.05) is 127 Å². The Balaban J connectivity index is 1.05. The summed E-state index contributed by atoms with van der Waals surface area (Å²) in [7, 11) is 0. The molecule has 0 spiro atoms. The lowest BCUT2D eigenvalue weighted by Crippen LogP contribution is -2.16. The Morgan fingerprint density at radius 3 is 2.06 bits per heavy atom. The van der Waals surface area contributed by atoms with Crippen LogP contribution < -0.4 is 4.90 Å². The second-order valence-corrected chi connectivity index (χ2v) is 14.1. The Morgan fingerprint density at radius 2 is 1.13 bits per heavy atom. The van der Waals surface area contributed by atoms with Gasteiger partial charge in [0.1, 0.15) is 11.2 Å². The van der Waals surface area contributed by atoms with Gasteiger partial charge in [0.15, 0.2) is 5.82 Å². The highest BCUT2D eigenvalue weighted by molar-refractivity contribution is 6.20. The molecule has 0 unspecified atom stereocenters. The van der Waals surface area contributed by atoms with Crippen molar-refractivity contribution < 1.29 is 4.42 Å². The van der Waals surface area contributed by atoms with Crippen LogP contribution in [0.2, 0.25) is 0 Å². The van der Waals surface area contributed by atoms with Crippen molar-refractivity contribution >= 4 is 82.2 Å².